The Morgan fingerprint density at radius 2 is 2.00 bits per heavy atom. The lowest BCUT2D eigenvalue weighted by atomic mass is 9.90. The molecule has 1 aliphatic rings. The molecule has 1 aromatic carbocycles. The van der Waals surface area contributed by atoms with Crippen LogP contribution in [0.5, 0.6) is 0 Å². The minimum atomic E-state index is -1.19. The van der Waals surface area contributed by atoms with Crippen LogP contribution in [0.3, 0.4) is 0 Å². The number of hydrogen-bond donors (Lipinski definition) is 1. The van der Waals surface area contributed by atoms with Crippen molar-refractivity contribution in [3.8, 4) is 11.1 Å². The molecule has 2 amide bonds. The number of amides is 2. The first-order valence-electron chi connectivity index (χ1n) is 8.75. The monoisotopic (exact) mass is 353 g/mol. The lowest BCUT2D eigenvalue weighted by Gasteiger charge is -2.40. The van der Waals surface area contributed by atoms with E-state index in [-0.39, 0.29) is 12.5 Å². The van der Waals surface area contributed by atoms with Gasteiger partial charge in [-0.1, -0.05) is 31.2 Å². The van der Waals surface area contributed by atoms with Crippen LogP contribution in [0.25, 0.3) is 11.1 Å². The third kappa shape index (κ3) is 3.75. The number of morpholine rings is 1. The fraction of sp³-hybridized carbons (Fsp3) is 0.350. The van der Waals surface area contributed by atoms with Crippen LogP contribution < -0.4 is 5.73 Å². The summed E-state index contributed by atoms with van der Waals surface area (Å²) in [6.07, 6.45) is 4.21. The molecule has 2 N–H and O–H groups in total. The maximum absolute atomic E-state index is 12.2. The van der Waals surface area contributed by atoms with Crippen molar-refractivity contribution in [2.75, 3.05) is 19.7 Å². The zero-order valence-corrected chi connectivity index (χ0v) is 14.9. The molecule has 0 saturated carbocycles. The quantitative estimate of drug-likeness (QED) is 0.888. The van der Waals surface area contributed by atoms with Gasteiger partial charge in [0.1, 0.15) is 0 Å². The van der Waals surface area contributed by atoms with Crippen LogP contribution >= 0.6 is 0 Å². The third-order valence-electron chi connectivity index (χ3n) is 4.72. The van der Waals surface area contributed by atoms with Gasteiger partial charge in [0.05, 0.1) is 13.2 Å². The number of ether oxygens (including phenoxy) is 1. The minimum absolute atomic E-state index is 0.00413. The lowest BCUT2D eigenvalue weighted by molar-refractivity contribution is -0.163. The molecule has 1 atom stereocenters. The van der Waals surface area contributed by atoms with E-state index in [1.807, 2.05) is 43.3 Å². The predicted molar refractivity (Wildman–Crippen MR) is 98.1 cm³/mol. The Morgan fingerprint density at radius 1 is 1.23 bits per heavy atom. The first kappa shape index (κ1) is 18.1. The minimum Gasteiger partial charge on any atom is -0.367 e. The topological polar surface area (TPSA) is 85.5 Å². The Balaban J connectivity index is 1.87. The van der Waals surface area contributed by atoms with Crippen molar-refractivity contribution in [2.45, 2.75) is 25.4 Å². The summed E-state index contributed by atoms with van der Waals surface area (Å²) in [4.78, 5) is 30.0. The maximum atomic E-state index is 12.2. The average Bonchev–Trinajstić information content (AvgIpc) is 2.68. The van der Waals surface area contributed by atoms with Crippen LogP contribution in [-0.4, -0.2) is 47.0 Å². The molecule has 2 heterocycles. The van der Waals surface area contributed by atoms with E-state index in [0.29, 0.717) is 26.0 Å². The summed E-state index contributed by atoms with van der Waals surface area (Å²) in [6, 6.07) is 11.8. The van der Waals surface area contributed by atoms with Gasteiger partial charge in [-0.05, 0) is 28.8 Å². The van der Waals surface area contributed by atoms with Gasteiger partial charge < -0.3 is 15.4 Å². The molecule has 2 aromatic rings. The van der Waals surface area contributed by atoms with Gasteiger partial charge in [-0.3, -0.25) is 14.6 Å². The molecule has 0 spiro atoms. The molecule has 6 nitrogen and oxygen atoms in total. The predicted octanol–water partition coefficient (Wildman–Crippen LogP) is 1.78. The first-order valence-corrected chi connectivity index (χ1v) is 8.75. The van der Waals surface area contributed by atoms with Crippen molar-refractivity contribution >= 4 is 11.8 Å². The largest absolute Gasteiger partial charge is 0.367 e. The highest BCUT2D eigenvalue weighted by Crippen LogP contribution is 2.26. The van der Waals surface area contributed by atoms with E-state index >= 15 is 0 Å². The van der Waals surface area contributed by atoms with Crippen LogP contribution in [0, 0.1) is 0 Å². The SMILES string of the molecule is CCC(=O)N1CCO[C@@](Cc2cccc(-c3ccncc3)c2)(C(N)=O)C1. The van der Waals surface area contributed by atoms with Crippen LogP contribution in [0.4, 0.5) is 0 Å². The van der Waals surface area contributed by atoms with Gasteiger partial charge in [0.2, 0.25) is 5.91 Å². The Labute approximate surface area is 153 Å². The maximum Gasteiger partial charge on any atom is 0.251 e. The summed E-state index contributed by atoms with van der Waals surface area (Å²) < 4.78 is 5.82. The highest BCUT2D eigenvalue weighted by molar-refractivity contribution is 5.86. The number of aromatic nitrogens is 1. The van der Waals surface area contributed by atoms with E-state index in [0.717, 1.165) is 16.7 Å². The molecule has 1 saturated heterocycles. The van der Waals surface area contributed by atoms with E-state index in [1.54, 1.807) is 17.3 Å². The number of pyridine rings is 1. The summed E-state index contributed by atoms with van der Waals surface area (Å²) in [5.41, 5.74) is 7.51. The number of benzene rings is 1. The van der Waals surface area contributed by atoms with Gasteiger partial charge in [0, 0.05) is 31.8 Å². The normalized spacial score (nSPS) is 20.0. The second-order valence-corrected chi connectivity index (χ2v) is 6.49. The average molecular weight is 353 g/mol. The molecule has 1 aliphatic heterocycles. The van der Waals surface area contributed by atoms with Gasteiger partial charge in [-0.2, -0.15) is 0 Å². The Kier molecular flexibility index (Phi) is 5.32. The molecule has 1 fully saturated rings. The summed E-state index contributed by atoms with van der Waals surface area (Å²) in [5, 5.41) is 0. The van der Waals surface area contributed by atoms with E-state index in [2.05, 4.69) is 4.98 Å². The van der Waals surface area contributed by atoms with Crippen LogP contribution in [0.15, 0.2) is 48.8 Å². The fourth-order valence-corrected chi connectivity index (χ4v) is 3.30. The zero-order chi connectivity index (χ0) is 18.6. The molecule has 26 heavy (non-hydrogen) atoms. The number of carbonyl (C=O) groups excluding carboxylic acids is 2. The molecular weight excluding hydrogens is 330 g/mol. The molecule has 0 bridgehead atoms. The number of primary amides is 1. The number of rotatable bonds is 5. The highest BCUT2D eigenvalue weighted by atomic mass is 16.5. The summed E-state index contributed by atoms with van der Waals surface area (Å²) in [6.45, 7) is 2.79. The molecule has 6 heteroatoms. The molecule has 1 aromatic heterocycles. The van der Waals surface area contributed by atoms with E-state index < -0.39 is 11.5 Å². The van der Waals surface area contributed by atoms with Crippen molar-refractivity contribution in [2.24, 2.45) is 5.73 Å². The number of nitrogens with two attached hydrogens (primary N) is 1. The molecular formula is C20H23N3O3. The summed E-state index contributed by atoms with van der Waals surface area (Å²) in [7, 11) is 0. The molecule has 3 rings (SSSR count). The molecule has 0 aliphatic carbocycles. The fourth-order valence-electron chi connectivity index (χ4n) is 3.30. The third-order valence-corrected chi connectivity index (χ3v) is 4.72. The summed E-state index contributed by atoms with van der Waals surface area (Å²) >= 11 is 0. The smallest absolute Gasteiger partial charge is 0.251 e. The van der Waals surface area contributed by atoms with Crippen molar-refractivity contribution < 1.29 is 14.3 Å². The molecule has 136 valence electrons. The summed E-state index contributed by atoms with van der Waals surface area (Å²) in [5.74, 6) is -0.537. The van der Waals surface area contributed by atoms with Crippen molar-refractivity contribution in [3.63, 3.8) is 0 Å². The molecule has 0 radical (unpaired) electrons. The highest BCUT2D eigenvalue weighted by Gasteiger charge is 2.43. The van der Waals surface area contributed by atoms with Crippen LogP contribution in [0.1, 0.15) is 18.9 Å². The van der Waals surface area contributed by atoms with Gasteiger partial charge >= 0.3 is 0 Å². The first-order chi connectivity index (χ1) is 12.5. The van der Waals surface area contributed by atoms with Crippen molar-refractivity contribution in [1.29, 1.82) is 0 Å². The second-order valence-electron chi connectivity index (χ2n) is 6.49. The van der Waals surface area contributed by atoms with Crippen molar-refractivity contribution in [1.82, 2.24) is 9.88 Å². The van der Waals surface area contributed by atoms with Crippen molar-refractivity contribution in [3.05, 3.63) is 54.4 Å². The Bertz CT molecular complexity index is 794. The van der Waals surface area contributed by atoms with Gasteiger partial charge in [0.25, 0.3) is 5.91 Å². The molecule has 0 unspecified atom stereocenters. The Hall–Kier alpha value is -2.73. The Morgan fingerprint density at radius 3 is 2.69 bits per heavy atom. The number of hydrogen-bond acceptors (Lipinski definition) is 4. The zero-order valence-electron chi connectivity index (χ0n) is 14.9. The lowest BCUT2D eigenvalue weighted by Crippen LogP contribution is -2.61. The standard InChI is InChI=1S/C20H23N3O3/c1-2-18(24)23-10-11-26-20(14-23,19(21)25)13-15-4-3-5-17(12-15)16-6-8-22-9-7-16/h3-9,12H,2,10-11,13-14H2,1H3,(H2,21,25)/t20-/m1/s1. The van der Waals surface area contributed by atoms with Gasteiger partial charge in [0.15, 0.2) is 5.60 Å². The van der Waals surface area contributed by atoms with Crippen LogP contribution in [-0.2, 0) is 20.7 Å². The van der Waals surface area contributed by atoms with Crippen LogP contribution in [0.2, 0.25) is 0 Å². The van der Waals surface area contributed by atoms with E-state index in [4.69, 9.17) is 10.5 Å². The number of nitrogens with zero attached hydrogens (tertiary/aromatic N) is 2. The van der Waals surface area contributed by atoms with Gasteiger partial charge in [-0.15, -0.1) is 0 Å². The second kappa shape index (κ2) is 7.66. The van der Waals surface area contributed by atoms with E-state index in [1.165, 1.54) is 0 Å². The van der Waals surface area contributed by atoms with E-state index in [9.17, 15) is 9.59 Å². The van der Waals surface area contributed by atoms with Gasteiger partial charge in [-0.25, -0.2) is 0 Å². The number of carbonyl (C=O) groups is 2.